The minimum absolute atomic E-state index is 0.0557. The first-order valence-corrected chi connectivity index (χ1v) is 11.0. The number of hydrazine groups is 1. The number of anilines is 1. The van der Waals surface area contributed by atoms with E-state index in [2.05, 4.69) is 16.0 Å². The Kier molecular flexibility index (Phi) is 6.52. The summed E-state index contributed by atoms with van der Waals surface area (Å²) in [6.07, 6.45) is 1.49. The van der Waals surface area contributed by atoms with Crippen LogP contribution in [0, 0.1) is 0 Å². The molecule has 10 heteroatoms. The summed E-state index contributed by atoms with van der Waals surface area (Å²) in [6.45, 7) is 2.39. The first-order chi connectivity index (χ1) is 15.9. The Morgan fingerprint density at radius 3 is 2.48 bits per heavy atom. The molecule has 1 atom stereocenters. The van der Waals surface area contributed by atoms with Gasteiger partial charge < -0.3 is 0 Å². The summed E-state index contributed by atoms with van der Waals surface area (Å²) in [5.41, 5.74) is 5.32. The van der Waals surface area contributed by atoms with Gasteiger partial charge in [0.05, 0.1) is 17.5 Å². The van der Waals surface area contributed by atoms with E-state index in [1.807, 2.05) is 6.92 Å². The fourth-order valence-electron chi connectivity index (χ4n) is 3.68. The summed E-state index contributed by atoms with van der Waals surface area (Å²) >= 11 is 5.88. The lowest BCUT2D eigenvalue weighted by atomic mass is 10.1. The third-order valence-corrected chi connectivity index (χ3v) is 5.65. The summed E-state index contributed by atoms with van der Waals surface area (Å²) in [5, 5.41) is 5.54. The van der Waals surface area contributed by atoms with E-state index < -0.39 is 23.8 Å². The quantitative estimate of drug-likeness (QED) is 0.407. The minimum Gasteiger partial charge on any atom is -0.285 e. The van der Waals surface area contributed by atoms with Crippen molar-refractivity contribution in [3.05, 3.63) is 69.6 Å². The molecule has 4 rings (SSSR count). The third-order valence-electron chi connectivity index (χ3n) is 5.40. The Morgan fingerprint density at radius 2 is 1.79 bits per heavy atom. The number of halogens is 1. The van der Waals surface area contributed by atoms with Crippen LogP contribution in [0.15, 0.2) is 53.3 Å². The number of aromatic nitrogens is 2. The molecule has 1 aliphatic heterocycles. The van der Waals surface area contributed by atoms with Gasteiger partial charge in [0.15, 0.2) is 5.69 Å². The van der Waals surface area contributed by atoms with Gasteiger partial charge in [-0.3, -0.25) is 24.6 Å². The molecule has 3 amide bonds. The van der Waals surface area contributed by atoms with E-state index >= 15 is 0 Å². The molecule has 1 saturated heterocycles. The summed E-state index contributed by atoms with van der Waals surface area (Å²) in [7, 11) is 0. The van der Waals surface area contributed by atoms with Gasteiger partial charge in [-0.05, 0) is 36.8 Å². The molecule has 33 heavy (non-hydrogen) atoms. The van der Waals surface area contributed by atoms with Gasteiger partial charge in [0, 0.05) is 17.0 Å². The van der Waals surface area contributed by atoms with Crippen LogP contribution in [0.3, 0.4) is 0 Å². The summed E-state index contributed by atoms with van der Waals surface area (Å²) in [4.78, 5) is 51.9. The maximum absolute atomic E-state index is 13.0. The first-order valence-electron chi connectivity index (χ1n) is 10.6. The van der Waals surface area contributed by atoms with Crippen molar-refractivity contribution in [2.45, 2.75) is 38.8 Å². The van der Waals surface area contributed by atoms with Crippen LogP contribution in [0.4, 0.5) is 5.69 Å². The molecule has 0 unspecified atom stereocenters. The molecule has 0 spiro atoms. The molecule has 0 aliphatic carbocycles. The Balaban J connectivity index is 1.54. The second-order valence-corrected chi connectivity index (χ2v) is 8.11. The van der Waals surface area contributed by atoms with Crippen molar-refractivity contribution in [2.75, 3.05) is 4.90 Å². The van der Waals surface area contributed by atoms with Crippen molar-refractivity contribution in [2.24, 2.45) is 0 Å². The van der Waals surface area contributed by atoms with E-state index in [1.165, 1.54) is 4.68 Å². The summed E-state index contributed by atoms with van der Waals surface area (Å²) < 4.78 is 1.28. The topological polar surface area (TPSA) is 113 Å². The van der Waals surface area contributed by atoms with Crippen molar-refractivity contribution >= 4 is 45.8 Å². The van der Waals surface area contributed by atoms with Crippen molar-refractivity contribution in [3.8, 4) is 0 Å². The predicted octanol–water partition coefficient (Wildman–Crippen LogP) is 2.42. The lowest BCUT2D eigenvalue weighted by molar-refractivity contribution is -0.121. The van der Waals surface area contributed by atoms with Crippen molar-refractivity contribution < 1.29 is 14.4 Å². The molecule has 2 heterocycles. The van der Waals surface area contributed by atoms with Crippen LogP contribution in [0.5, 0.6) is 0 Å². The number of hydrogen-bond acceptors (Lipinski definition) is 6. The number of carbonyl (C=O) groups excluding carboxylic acids is 3. The highest BCUT2D eigenvalue weighted by Crippen LogP contribution is 2.24. The number of rotatable bonds is 7. The van der Waals surface area contributed by atoms with Gasteiger partial charge in [-0.25, -0.2) is 15.0 Å². The van der Waals surface area contributed by atoms with Gasteiger partial charge in [0.25, 0.3) is 17.4 Å². The smallest absolute Gasteiger partial charge is 0.285 e. The molecule has 0 radical (unpaired) electrons. The molecule has 1 aromatic heterocycles. The number of amides is 3. The van der Waals surface area contributed by atoms with Crippen LogP contribution in [0.2, 0.25) is 5.02 Å². The maximum Gasteiger partial charge on any atom is 0.286 e. The molecule has 2 N–H and O–H groups in total. The highest BCUT2D eigenvalue weighted by Gasteiger charge is 2.39. The van der Waals surface area contributed by atoms with E-state index in [9.17, 15) is 19.2 Å². The fraction of sp³-hybridized carbons (Fsp3) is 0.261. The van der Waals surface area contributed by atoms with Gasteiger partial charge in [-0.2, -0.15) is 5.10 Å². The van der Waals surface area contributed by atoms with Crippen LogP contribution < -0.4 is 21.3 Å². The number of aryl methyl sites for hydroxylation is 1. The Labute approximate surface area is 194 Å². The second kappa shape index (κ2) is 9.51. The lowest BCUT2D eigenvalue weighted by Gasteiger charge is -2.16. The number of imide groups is 1. The van der Waals surface area contributed by atoms with Crippen molar-refractivity contribution in [3.63, 3.8) is 0 Å². The summed E-state index contributed by atoms with van der Waals surface area (Å²) in [5.74, 6) is -1.50. The number of fused-ring (bicyclic) bond motifs is 1. The number of carbonyl (C=O) groups is 3. The number of unbranched alkanes of at least 4 members (excludes halogenated alkanes) is 1. The van der Waals surface area contributed by atoms with Crippen LogP contribution in [-0.4, -0.2) is 33.5 Å². The van der Waals surface area contributed by atoms with E-state index in [1.54, 1.807) is 48.5 Å². The molecular formula is C23H22ClN5O4. The first kappa shape index (κ1) is 22.6. The average Bonchev–Trinajstić information content (AvgIpc) is 3.10. The van der Waals surface area contributed by atoms with Gasteiger partial charge in [0.2, 0.25) is 5.91 Å². The standard InChI is InChI=1S/C23H22ClN5O4/c1-2-3-12-28-22(32)17-7-5-4-6-16(17)20(27-28)21(31)26-25-18-13-19(30)29(23(18)33)15-10-8-14(24)9-11-15/h4-11,18,25H,2-3,12-13H2,1H3,(H,26,31)/t18-/m1/s1. The fourth-order valence-corrected chi connectivity index (χ4v) is 3.81. The number of nitrogens with one attached hydrogen (secondary N) is 2. The van der Waals surface area contributed by atoms with Crippen LogP contribution in [0.1, 0.15) is 36.7 Å². The van der Waals surface area contributed by atoms with Crippen molar-refractivity contribution in [1.82, 2.24) is 20.6 Å². The Bertz CT molecular complexity index is 1290. The zero-order valence-corrected chi connectivity index (χ0v) is 18.6. The number of benzene rings is 2. The molecule has 9 nitrogen and oxygen atoms in total. The summed E-state index contributed by atoms with van der Waals surface area (Å²) in [6, 6.07) is 12.1. The van der Waals surface area contributed by atoms with E-state index in [4.69, 9.17) is 11.6 Å². The molecule has 0 saturated carbocycles. The van der Waals surface area contributed by atoms with E-state index in [0.29, 0.717) is 28.0 Å². The van der Waals surface area contributed by atoms with Crippen LogP contribution in [-0.2, 0) is 16.1 Å². The molecule has 3 aromatic rings. The minimum atomic E-state index is -0.936. The van der Waals surface area contributed by atoms with Crippen LogP contribution >= 0.6 is 11.6 Å². The molecule has 2 aromatic carbocycles. The number of hydrogen-bond donors (Lipinski definition) is 2. The maximum atomic E-state index is 13.0. The van der Waals surface area contributed by atoms with Crippen molar-refractivity contribution in [1.29, 1.82) is 0 Å². The Morgan fingerprint density at radius 1 is 1.09 bits per heavy atom. The highest BCUT2D eigenvalue weighted by molar-refractivity contribution is 6.30. The van der Waals surface area contributed by atoms with E-state index in [0.717, 1.165) is 17.7 Å². The molecule has 1 fully saturated rings. The molecule has 0 bridgehead atoms. The van der Waals surface area contributed by atoms with Crippen LogP contribution in [0.25, 0.3) is 10.8 Å². The largest absolute Gasteiger partial charge is 0.286 e. The van der Waals surface area contributed by atoms with Gasteiger partial charge in [-0.15, -0.1) is 0 Å². The van der Waals surface area contributed by atoms with Gasteiger partial charge in [0.1, 0.15) is 6.04 Å². The highest BCUT2D eigenvalue weighted by atomic mass is 35.5. The normalized spacial score (nSPS) is 15.9. The predicted molar refractivity (Wildman–Crippen MR) is 124 cm³/mol. The molecule has 1 aliphatic rings. The van der Waals surface area contributed by atoms with E-state index in [-0.39, 0.29) is 17.7 Å². The monoisotopic (exact) mass is 467 g/mol. The molecule has 170 valence electrons. The van der Waals surface area contributed by atoms with Gasteiger partial charge in [-0.1, -0.05) is 43.1 Å². The Hall–Kier alpha value is -3.56. The third kappa shape index (κ3) is 4.50. The average molecular weight is 468 g/mol. The zero-order valence-electron chi connectivity index (χ0n) is 17.9. The second-order valence-electron chi connectivity index (χ2n) is 7.68. The zero-order chi connectivity index (χ0) is 23.5. The molecular weight excluding hydrogens is 446 g/mol. The lowest BCUT2D eigenvalue weighted by Crippen LogP contribution is -2.48. The number of nitrogens with zero attached hydrogens (tertiary/aromatic N) is 3. The SMILES string of the molecule is CCCCn1nc(C(=O)NN[C@@H]2CC(=O)N(c3ccc(Cl)cc3)C2=O)c2ccccc2c1=O. The van der Waals surface area contributed by atoms with Gasteiger partial charge >= 0.3 is 0 Å².